The van der Waals surface area contributed by atoms with E-state index in [-0.39, 0.29) is 0 Å². The Bertz CT molecular complexity index is 912. The Labute approximate surface area is 165 Å². The molecule has 0 aliphatic carbocycles. The molecule has 5 heteroatoms. The van der Waals surface area contributed by atoms with Crippen LogP contribution in [0.3, 0.4) is 0 Å². The van der Waals surface area contributed by atoms with E-state index in [9.17, 15) is 0 Å². The predicted molar refractivity (Wildman–Crippen MR) is 116 cm³/mol. The molecule has 142 valence electrons. The fraction of sp³-hybridized carbons (Fsp3) is 0.455. The second-order valence-corrected chi connectivity index (χ2v) is 8.61. The first-order valence-electron chi connectivity index (χ1n) is 10.0. The molecule has 27 heavy (non-hydrogen) atoms. The maximum Gasteiger partial charge on any atom is 0.0904 e. The van der Waals surface area contributed by atoms with Crippen molar-refractivity contribution < 1.29 is 0 Å². The molecule has 4 nitrogen and oxygen atoms in total. The summed E-state index contributed by atoms with van der Waals surface area (Å²) in [7, 11) is 0. The average molecular weight is 381 g/mol. The van der Waals surface area contributed by atoms with E-state index in [2.05, 4.69) is 59.4 Å². The Kier molecular flexibility index (Phi) is 5.69. The van der Waals surface area contributed by atoms with Crippen molar-refractivity contribution in [2.45, 2.75) is 39.5 Å². The van der Waals surface area contributed by atoms with Crippen LogP contribution in [0, 0.1) is 13.8 Å². The Morgan fingerprint density at radius 2 is 1.89 bits per heavy atom. The lowest BCUT2D eigenvalue weighted by Crippen LogP contribution is -2.31. The standard InChI is InChI=1S/C22H28N4S/c1-16-22(27-17(2)24-16)21-15-20(18-9-4-5-10-19(18)25-21)23-11-8-14-26-12-6-3-7-13-26/h4-5,9-10,15H,3,6-8,11-14H2,1-2H3,(H,23,25). The van der Waals surface area contributed by atoms with Crippen molar-refractivity contribution in [1.29, 1.82) is 0 Å². The van der Waals surface area contributed by atoms with E-state index in [1.54, 1.807) is 11.3 Å². The first-order chi connectivity index (χ1) is 13.2. The molecule has 3 aromatic rings. The number of piperidine rings is 1. The highest BCUT2D eigenvalue weighted by Crippen LogP contribution is 2.33. The number of fused-ring (bicyclic) bond motifs is 1. The van der Waals surface area contributed by atoms with Crippen molar-refractivity contribution in [2.75, 3.05) is 31.5 Å². The van der Waals surface area contributed by atoms with Gasteiger partial charge in [0, 0.05) is 17.6 Å². The first kappa shape index (κ1) is 18.4. The number of rotatable bonds is 6. The number of anilines is 1. The third-order valence-electron chi connectivity index (χ3n) is 5.27. The first-order valence-corrected chi connectivity index (χ1v) is 10.8. The smallest absolute Gasteiger partial charge is 0.0904 e. The Balaban J connectivity index is 1.52. The van der Waals surface area contributed by atoms with Crippen LogP contribution in [0.4, 0.5) is 5.69 Å². The van der Waals surface area contributed by atoms with Crippen LogP contribution >= 0.6 is 11.3 Å². The zero-order chi connectivity index (χ0) is 18.6. The summed E-state index contributed by atoms with van der Waals surface area (Å²) < 4.78 is 0. The molecule has 0 unspecified atom stereocenters. The van der Waals surface area contributed by atoms with E-state index in [1.807, 2.05) is 0 Å². The van der Waals surface area contributed by atoms with Gasteiger partial charge in [0.1, 0.15) is 0 Å². The van der Waals surface area contributed by atoms with Crippen LogP contribution in [0.25, 0.3) is 21.5 Å². The van der Waals surface area contributed by atoms with Crippen LogP contribution in [-0.2, 0) is 0 Å². The van der Waals surface area contributed by atoms with Gasteiger partial charge in [-0.2, -0.15) is 0 Å². The number of hydrogen-bond acceptors (Lipinski definition) is 5. The van der Waals surface area contributed by atoms with E-state index in [0.29, 0.717) is 0 Å². The molecule has 0 spiro atoms. The summed E-state index contributed by atoms with van der Waals surface area (Å²) in [6.07, 6.45) is 5.29. The van der Waals surface area contributed by atoms with Gasteiger partial charge >= 0.3 is 0 Å². The monoisotopic (exact) mass is 380 g/mol. The van der Waals surface area contributed by atoms with Crippen molar-refractivity contribution in [1.82, 2.24) is 14.9 Å². The largest absolute Gasteiger partial charge is 0.384 e. The Morgan fingerprint density at radius 3 is 2.67 bits per heavy atom. The van der Waals surface area contributed by atoms with Crippen molar-refractivity contribution in [3.05, 3.63) is 41.0 Å². The van der Waals surface area contributed by atoms with Crippen molar-refractivity contribution >= 4 is 27.9 Å². The Morgan fingerprint density at radius 1 is 1.07 bits per heavy atom. The zero-order valence-electron chi connectivity index (χ0n) is 16.3. The summed E-state index contributed by atoms with van der Waals surface area (Å²) in [4.78, 5) is 13.3. The quantitative estimate of drug-likeness (QED) is 0.592. The molecule has 1 aliphatic rings. The molecule has 2 aromatic heterocycles. The second-order valence-electron chi connectivity index (χ2n) is 7.40. The number of nitrogens with zero attached hydrogens (tertiary/aromatic N) is 3. The van der Waals surface area contributed by atoms with Crippen LogP contribution in [0.5, 0.6) is 0 Å². The second kappa shape index (κ2) is 8.36. The van der Waals surface area contributed by atoms with Gasteiger partial charge in [0.2, 0.25) is 0 Å². The number of thiazole rings is 1. The lowest BCUT2D eigenvalue weighted by Gasteiger charge is -2.26. The van der Waals surface area contributed by atoms with Crippen molar-refractivity contribution in [2.24, 2.45) is 0 Å². The van der Waals surface area contributed by atoms with Crippen molar-refractivity contribution in [3.8, 4) is 10.6 Å². The number of benzene rings is 1. The zero-order valence-corrected chi connectivity index (χ0v) is 17.1. The van der Waals surface area contributed by atoms with Gasteiger partial charge in [0.25, 0.3) is 0 Å². The molecule has 3 heterocycles. The van der Waals surface area contributed by atoms with Crippen molar-refractivity contribution in [3.63, 3.8) is 0 Å². The van der Waals surface area contributed by atoms with Crippen LogP contribution < -0.4 is 5.32 Å². The Hall–Kier alpha value is -1.98. The lowest BCUT2D eigenvalue weighted by atomic mass is 10.1. The van der Waals surface area contributed by atoms with Gasteiger partial charge in [-0.15, -0.1) is 11.3 Å². The van der Waals surface area contributed by atoms with E-state index in [4.69, 9.17) is 4.98 Å². The van der Waals surface area contributed by atoms with Crippen LogP contribution in [-0.4, -0.2) is 41.0 Å². The average Bonchev–Trinajstić information content (AvgIpc) is 3.04. The fourth-order valence-corrected chi connectivity index (χ4v) is 4.80. The molecule has 4 rings (SSSR count). The van der Waals surface area contributed by atoms with Gasteiger partial charge in [-0.25, -0.2) is 9.97 Å². The SMILES string of the molecule is Cc1nc(C)c(-c2cc(NCCCN3CCCCC3)c3ccccc3n2)s1. The summed E-state index contributed by atoms with van der Waals surface area (Å²) >= 11 is 1.72. The molecule has 1 saturated heterocycles. The number of nitrogens with one attached hydrogen (secondary N) is 1. The van der Waals surface area contributed by atoms with E-state index in [1.165, 1.54) is 61.3 Å². The van der Waals surface area contributed by atoms with Crippen LogP contribution in [0.15, 0.2) is 30.3 Å². The third-order valence-corrected chi connectivity index (χ3v) is 6.36. The molecule has 0 radical (unpaired) electrons. The lowest BCUT2D eigenvalue weighted by molar-refractivity contribution is 0.228. The molecule has 1 fully saturated rings. The molecule has 1 aromatic carbocycles. The van der Waals surface area contributed by atoms with Crippen LogP contribution in [0.2, 0.25) is 0 Å². The van der Waals surface area contributed by atoms with E-state index in [0.717, 1.165) is 28.5 Å². The molecule has 1 N–H and O–H groups in total. The van der Waals surface area contributed by atoms with Gasteiger partial charge in [0.15, 0.2) is 0 Å². The molecule has 0 bridgehead atoms. The van der Waals surface area contributed by atoms with Gasteiger partial charge in [-0.05, 0) is 64.9 Å². The van der Waals surface area contributed by atoms with Gasteiger partial charge in [0.05, 0.1) is 26.8 Å². The molecular weight excluding hydrogens is 352 g/mol. The molecule has 0 amide bonds. The summed E-state index contributed by atoms with van der Waals surface area (Å²) in [5.74, 6) is 0. The number of aromatic nitrogens is 2. The summed E-state index contributed by atoms with van der Waals surface area (Å²) in [6.45, 7) is 8.85. The highest BCUT2D eigenvalue weighted by Gasteiger charge is 2.13. The summed E-state index contributed by atoms with van der Waals surface area (Å²) in [5, 5.41) is 5.97. The fourth-order valence-electron chi connectivity index (χ4n) is 3.92. The molecule has 0 saturated carbocycles. The molecular formula is C22H28N4S. The summed E-state index contributed by atoms with van der Waals surface area (Å²) in [5.41, 5.74) is 4.31. The number of likely N-dealkylation sites (tertiary alicyclic amines) is 1. The number of hydrogen-bond donors (Lipinski definition) is 1. The summed E-state index contributed by atoms with van der Waals surface area (Å²) in [6, 6.07) is 10.6. The maximum atomic E-state index is 4.90. The maximum absolute atomic E-state index is 4.90. The van der Waals surface area contributed by atoms with E-state index >= 15 is 0 Å². The topological polar surface area (TPSA) is 41.1 Å². The molecule has 1 aliphatic heterocycles. The van der Waals surface area contributed by atoms with Gasteiger partial charge < -0.3 is 10.2 Å². The highest BCUT2D eigenvalue weighted by atomic mass is 32.1. The third kappa shape index (κ3) is 4.30. The van der Waals surface area contributed by atoms with Crippen LogP contribution in [0.1, 0.15) is 36.4 Å². The number of pyridine rings is 1. The van der Waals surface area contributed by atoms with Gasteiger partial charge in [-0.3, -0.25) is 0 Å². The minimum Gasteiger partial charge on any atom is -0.384 e. The molecule has 0 atom stereocenters. The number of para-hydroxylation sites is 1. The normalized spacial score (nSPS) is 15.3. The van der Waals surface area contributed by atoms with Gasteiger partial charge in [-0.1, -0.05) is 24.6 Å². The highest BCUT2D eigenvalue weighted by molar-refractivity contribution is 7.15. The minimum atomic E-state index is 0.991. The number of aryl methyl sites for hydroxylation is 2. The van der Waals surface area contributed by atoms with E-state index < -0.39 is 0 Å². The minimum absolute atomic E-state index is 0.991. The predicted octanol–water partition coefficient (Wildman–Crippen LogP) is 5.26.